The number of aryl methyl sites for hydroxylation is 1. The topological polar surface area (TPSA) is 60.1 Å². The number of hydrogen-bond donors (Lipinski definition) is 0. The molecule has 0 spiro atoms. The average molecular weight is 398 g/mol. The third-order valence-electron chi connectivity index (χ3n) is 3.96. The number of ether oxygens (including phenoxy) is 2. The predicted octanol–water partition coefficient (Wildman–Crippen LogP) is 4.42. The van der Waals surface area contributed by atoms with E-state index in [-0.39, 0.29) is 0 Å². The lowest BCUT2D eigenvalue weighted by Crippen LogP contribution is -1.97. The largest absolute Gasteiger partial charge is 0.493 e. The fraction of sp³-hybridized carbons (Fsp3) is 0.158. The summed E-state index contributed by atoms with van der Waals surface area (Å²) in [5, 5.41) is 9.67. The molecule has 0 saturated heterocycles. The lowest BCUT2D eigenvalue weighted by atomic mass is 10.1. The molecule has 126 valence electrons. The number of benzene rings is 2. The van der Waals surface area contributed by atoms with E-state index in [9.17, 15) is 5.26 Å². The maximum atomic E-state index is 9.67. The Morgan fingerprint density at radius 3 is 2.60 bits per heavy atom. The number of halogens is 1. The monoisotopic (exact) mass is 397 g/mol. The Morgan fingerprint density at radius 1 is 1.20 bits per heavy atom. The summed E-state index contributed by atoms with van der Waals surface area (Å²) < 4.78 is 13.3. The lowest BCUT2D eigenvalue weighted by Gasteiger charge is -2.11. The van der Waals surface area contributed by atoms with Crippen LogP contribution in [0.3, 0.4) is 0 Å². The Morgan fingerprint density at radius 2 is 1.96 bits per heavy atom. The minimum atomic E-state index is 0.464. The molecule has 0 bridgehead atoms. The van der Waals surface area contributed by atoms with E-state index in [1.165, 1.54) is 0 Å². The molecule has 0 atom stereocenters. The molecule has 3 aromatic rings. The molecule has 5 nitrogen and oxygen atoms in total. The summed E-state index contributed by atoms with van der Waals surface area (Å²) in [7, 11) is 5.06. The molecule has 1 aromatic heterocycles. The molecule has 3 rings (SSSR count). The van der Waals surface area contributed by atoms with Crippen LogP contribution >= 0.6 is 15.9 Å². The van der Waals surface area contributed by atoms with Crippen LogP contribution in [0.2, 0.25) is 0 Å². The molecule has 0 saturated carbocycles. The van der Waals surface area contributed by atoms with Gasteiger partial charge in [-0.3, -0.25) is 0 Å². The van der Waals surface area contributed by atoms with Crippen molar-refractivity contribution in [3.63, 3.8) is 0 Å². The maximum Gasteiger partial charge on any atom is 0.175 e. The molecule has 0 amide bonds. The van der Waals surface area contributed by atoms with Crippen molar-refractivity contribution in [2.45, 2.75) is 0 Å². The van der Waals surface area contributed by atoms with E-state index in [0.29, 0.717) is 22.9 Å². The first kappa shape index (κ1) is 17.1. The van der Waals surface area contributed by atoms with Crippen molar-refractivity contribution >= 4 is 38.6 Å². The quantitative estimate of drug-likeness (QED) is 0.611. The second-order valence-electron chi connectivity index (χ2n) is 5.36. The van der Waals surface area contributed by atoms with Crippen LogP contribution in [-0.4, -0.2) is 23.8 Å². The van der Waals surface area contributed by atoms with Gasteiger partial charge in [-0.05, 0) is 51.8 Å². The minimum absolute atomic E-state index is 0.464. The molecule has 0 fully saturated rings. The van der Waals surface area contributed by atoms with Crippen LogP contribution in [0.25, 0.3) is 22.7 Å². The Balaban J connectivity index is 2.16. The zero-order valence-electron chi connectivity index (χ0n) is 14.1. The standard InChI is InChI=1S/C19H16BrN3O2/c1-23-15-7-5-4-6-14(15)22-19(23)13(11-21)10-12-8-9-16(24-2)18(25-3)17(12)20/h4-10H,1-3H3/b13-10-. The highest BCUT2D eigenvalue weighted by Crippen LogP contribution is 2.38. The van der Waals surface area contributed by atoms with Crippen LogP contribution in [-0.2, 0) is 7.05 Å². The SMILES string of the molecule is COc1ccc(/C=C(/C#N)c2nc3ccccc3n2C)c(Br)c1OC. The molecule has 0 aliphatic heterocycles. The summed E-state index contributed by atoms with van der Waals surface area (Å²) in [5.41, 5.74) is 3.10. The number of nitrogens with zero attached hydrogens (tertiary/aromatic N) is 3. The van der Waals surface area contributed by atoms with Crippen LogP contribution in [0.1, 0.15) is 11.4 Å². The number of rotatable bonds is 4. The third-order valence-corrected chi connectivity index (χ3v) is 4.78. The highest BCUT2D eigenvalue weighted by atomic mass is 79.9. The Bertz CT molecular complexity index is 1020. The summed E-state index contributed by atoms with van der Waals surface area (Å²) in [4.78, 5) is 4.59. The second-order valence-corrected chi connectivity index (χ2v) is 6.15. The van der Waals surface area contributed by atoms with E-state index in [1.54, 1.807) is 26.4 Å². The van der Waals surface area contributed by atoms with E-state index in [2.05, 4.69) is 27.0 Å². The zero-order chi connectivity index (χ0) is 18.0. The number of allylic oxidation sites excluding steroid dienone is 1. The molecule has 6 heteroatoms. The number of aromatic nitrogens is 2. The van der Waals surface area contributed by atoms with Crippen molar-refractivity contribution in [3.05, 3.63) is 52.3 Å². The van der Waals surface area contributed by atoms with Gasteiger partial charge in [0.25, 0.3) is 0 Å². The van der Waals surface area contributed by atoms with Crippen LogP contribution in [0.5, 0.6) is 11.5 Å². The smallest absolute Gasteiger partial charge is 0.175 e. The number of nitriles is 1. The van der Waals surface area contributed by atoms with Crippen molar-refractivity contribution in [2.75, 3.05) is 14.2 Å². The van der Waals surface area contributed by atoms with Gasteiger partial charge in [-0.25, -0.2) is 4.98 Å². The van der Waals surface area contributed by atoms with Gasteiger partial charge in [0, 0.05) is 7.05 Å². The van der Waals surface area contributed by atoms with Gasteiger partial charge in [0.1, 0.15) is 6.07 Å². The van der Waals surface area contributed by atoms with E-state index >= 15 is 0 Å². The van der Waals surface area contributed by atoms with E-state index in [4.69, 9.17) is 9.47 Å². The fourth-order valence-electron chi connectivity index (χ4n) is 2.70. The molecular formula is C19H16BrN3O2. The van der Waals surface area contributed by atoms with Crippen molar-refractivity contribution < 1.29 is 9.47 Å². The van der Waals surface area contributed by atoms with Crippen molar-refractivity contribution in [1.29, 1.82) is 5.26 Å². The predicted molar refractivity (Wildman–Crippen MR) is 101 cm³/mol. The Kier molecular flexibility index (Phi) is 4.77. The van der Waals surface area contributed by atoms with Gasteiger partial charge >= 0.3 is 0 Å². The van der Waals surface area contributed by atoms with Crippen molar-refractivity contribution in [2.24, 2.45) is 7.05 Å². The molecular weight excluding hydrogens is 382 g/mol. The first-order chi connectivity index (χ1) is 12.1. The summed E-state index contributed by atoms with van der Waals surface area (Å²) in [5.74, 6) is 1.82. The number of imidazole rings is 1. The summed E-state index contributed by atoms with van der Waals surface area (Å²) in [6, 6.07) is 13.7. The molecule has 0 radical (unpaired) electrons. The highest BCUT2D eigenvalue weighted by Gasteiger charge is 2.15. The molecule has 0 unspecified atom stereocenters. The van der Waals surface area contributed by atoms with Gasteiger partial charge < -0.3 is 14.0 Å². The zero-order valence-corrected chi connectivity index (χ0v) is 15.7. The van der Waals surface area contributed by atoms with Gasteiger partial charge in [0.05, 0.1) is 35.3 Å². The summed E-state index contributed by atoms with van der Waals surface area (Å²) in [6.45, 7) is 0. The lowest BCUT2D eigenvalue weighted by molar-refractivity contribution is 0.353. The number of methoxy groups -OCH3 is 2. The van der Waals surface area contributed by atoms with Gasteiger partial charge in [-0.2, -0.15) is 5.26 Å². The maximum absolute atomic E-state index is 9.67. The van der Waals surface area contributed by atoms with Crippen LogP contribution in [0.15, 0.2) is 40.9 Å². The first-order valence-electron chi connectivity index (χ1n) is 7.54. The first-order valence-corrected chi connectivity index (χ1v) is 8.34. The van der Waals surface area contributed by atoms with Gasteiger partial charge in [-0.1, -0.05) is 12.1 Å². The number of fused-ring (bicyclic) bond motifs is 1. The fourth-order valence-corrected chi connectivity index (χ4v) is 3.31. The molecule has 0 N–H and O–H groups in total. The number of para-hydroxylation sites is 2. The van der Waals surface area contributed by atoms with Crippen LogP contribution < -0.4 is 9.47 Å². The van der Waals surface area contributed by atoms with Crippen molar-refractivity contribution in [3.8, 4) is 17.6 Å². The van der Waals surface area contributed by atoms with Crippen molar-refractivity contribution in [1.82, 2.24) is 9.55 Å². The Hall–Kier alpha value is -2.78. The van der Waals surface area contributed by atoms with Gasteiger partial charge in [0.2, 0.25) is 0 Å². The van der Waals surface area contributed by atoms with Gasteiger partial charge in [-0.15, -0.1) is 0 Å². The molecule has 0 aliphatic carbocycles. The van der Waals surface area contributed by atoms with Gasteiger partial charge in [0.15, 0.2) is 17.3 Å². The van der Waals surface area contributed by atoms with E-state index < -0.39 is 0 Å². The summed E-state index contributed by atoms with van der Waals surface area (Å²) in [6.07, 6.45) is 1.78. The van der Waals surface area contributed by atoms with E-state index in [0.717, 1.165) is 21.1 Å². The molecule has 1 heterocycles. The molecule has 0 aliphatic rings. The third kappa shape index (κ3) is 2.99. The number of hydrogen-bond acceptors (Lipinski definition) is 4. The van der Waals surface area contributed by atoms with Crippen LogP contribution in [0, 0.1) is 11.3 Å². The Labute approximate surface area is 154 Å². The second kappa shape index (κ2) is 6.99. The normalized spacial score (nSPS) is 11.4. The highest BCUT2D eigenvalue weighted by molar-refractivity contribution is 9.10. The summed E-state index contributed by atoms with van der Waals surface area (Å²) >= 11 is 3.53. The van der Waals surface area contributed by atoms with Crippen LogP contribution in [0.4, 0.5) is 0 Å². The molecule has 2 aromatic carbocycles. The van der Waals surface area contributed by atoms with E-state index in [1.807, 2.05) is 41.9 Å². The average Bonchev–Trinajstić information content (AvgIpc) is 2.97. The minimum Gasteiger partial charge on any atom is -0.493 e. The molecule has 25 heavy (non-hydrogen) atoms.